The molecule has 128 valence electrons. The van der Waals surface area contributed by atoms with E-state index in [1.807, 2.05) is 19.2 Å². The molecule has 0 aliphatic carbocycles. The summed E-state index contributed by atoms with van der Waals surface area (Å²) in [6.45, 7) is 3.19. The maximum absolute atomic E-state index is 12.4. The number of anilines is 1. The largest absolute Gasteiger partial charge is 0.359 e. The minimum Gasteiger partial charge on any atom is -0.359 e. The Labute approximate surface area is 144 Å². The molecule has 2 N–H and O–H groups in total. The number of H-pyrrole nitrogens is 1. The van der Waals surface area contributed by atoms with Crippen LogP contribution in [0, 0.1) is 0 Å². The van der Waals surface area contributed by atoms with Crippen molar-refractivity contribution in [1.82, 2.24) is 20.0 Å². The van der Waals surface area contributed by atoms with Crippen molar-refractivity contribution in [1.29, 1.82) is 0 Å². The van der Waals surface area contributed by atoms with Crippen LogP contribution in [0.2, 0.25) is 0 Å². The molecule has 1 aliphatic rings. The fraction of sp³-hybridized carbons (Fsp3) is 0.278. The Kier molecular flexibility index (Phi) is 3.97. The Morgan fingerprint density at radius 2 is 2.40 bits per heavy atom. The van der Waals surface area contributed by atoms with Crippen molar-refractivity contribution in [2.45, 2.75) is 19.8 Å². The number of hydrogen-bond donors (Lipinski definition) is 2. The molecule has 0 unspecified atom stereocenters. The molecule has 4 heterocycles. The van der Waals surface area contributed by atoms with E-state index in [4.69, 9.17) is 4.52 Å². The number of pyridine rings is 1. The number of carbonyl (C=O) groups is 1. The van der Waals surface area contributed by atoms with Crippen molar-refractivity contribution < 1.29 is 9.32 Å². The van der Waals surface area contributed by atoms with Crippen LogP contribution in [0.1, 0.15) is 24.7 Å². The van der Waals surface area contributed by atoms with E-state index in [2.05, 4.69) is 32.6 Å². The Morgan fingerprint density at radius 3 is 3.16 bits per heavy atom. The van der Waals surface area contributed by atoms with Crippen molar-refractivity contribution in [3.63, 3.8) is 0 Å². The molecule has 3 aromatic heterocycles. The molecule has 7 nitrogen and oxygen atoms in total. The maximum atomic E-state index is 12.4. The van der Waals surface area contributed by atoms with Crippen LogP contribution in [0.4, 0.5) is 10.6 Å². The van der Waals surface area contributed by atoms with Gasteiger partial charge in [-0.25, -0.2) is 9.78 Å². The van der Waals surface area contributed by atoms with Gasteiger partial charge in [0.15, 0.2) is 5.82 Å². The third-order valence-corrected chi connectivity index (χ3v) is 4.44. The van der Waals surface area contributed by atoms with E-state index < -0.39 is 0 Å². The van der Waals surface area contributed by atoms with Gasteiger partial charge >= 0.3 is 6.03 Å². The number of urea groups is 1. The second kappa shape index (κ2) is 6.43. The first-order chi connectivity index (χ1) is 12.2. The summed E-state index contributed by atoms with van der Waals surface area (Å²) in [6, 6.07) is 5.59. The SMILES string of the molecule is CCc1cc(NC(=O)N2CC=C(c3c[nH]c4ncccc34)CC2)no1. The van der Waals surface area contributed by atoms with E-state index >= 15 is 0 Å². The summed E-state index contributed by atoms with van der Waals surface area (Å²) < 4.78 is 5.10. The molecule has 0 bridgehead atoms. The zero-order chi connectivity index (χ0) is 17.2. The number of aryl methyl sites for hydroxylation is 1. The third kappa shape index (κ3) is 3.00. The Morgan fingerprint density at radius 1 is 1.48 bits per heavy atom. The summed E-state index contributed by atoms with van der Waals surface area (Å²) in [7, 11) is 0. The first-order valence-electron chi connectivity index (χ1n) is 8.37. The van der Waals surface area contributed by atoms with Crippen LogP contribution < -0.4 is 5.32 Å². The molecule has 25 heavy (non-hydrogen) atoms. The molecular formula is C18H19N5O2. The molecule has 0 saturated heterocycles. The number of aromatic amines is 1. The van der Waals surface area contributed by atoms with Gasteiger partial charge in [0, 0.05) is 48.9 Å². The molecule has 0 fully saturated rings. The highest BCUT2D eigenvalue weighted by Gasteiger charge is 2.20. The van der Waals surface area contributed by atoms with E-state index in [1.54, 1.807) is 17.2 Å². The first-order valence-corrected chi connectivity index (χ1v) is 8.37. The minimum atomic E-state index is -0.160. The third-order valence-electron chi connectivity index (χ3n) is 4.44. The van der Waals surface area contributed by atoms with E-state index in [1.165, 1.54) is 5.57 Å². The summed E-state index contributed by atoms with van der Waals surface area (Å²) in [4.78, 5) is 21.6. The van der Waals surface area contributed by atoms with Crippen LogP contribution in [0.15, 0.2) is 41.2 Å². The van der Waals surface area contributed by atoms with Gasteiger partial charge in [0.05, 0.1) is 0 Å². The van der Waals surface area contributed by atoms with Crippen LogP contribution in [-0.2, 0) is 6.42 Å². The summed E-state index contributed by atoms with van der Waals surface area (Å²) >= 11 is 0. The van der Waals surface area contributed by atoms with Gasteiger partial charge in [-0.1, -0.05) is 18.2 Å². The van der Waals surface area contributed by atoms with Gasteiger partial charge in [0.2, 0.25) is 0 Å². The second-order valence-corrected chi connectivity index (χ2v) is 5.99. The molecule has 2 amide bonds. The first kappa shape index (κ1) is 15.4. The van der Waals surface area contributed by atoms with Crippen LogP contribution >= 0.6 is 0 Å². The Hall–Kier alpha value is -3.09. The van der Waals surface area contributed by atoms with Crippen molar-refractivity contribution >= 4 is 28.5 Å². The van der Waals surface area contributed by atoms with Gasteiger partial charge in [-0.15, -0.1) is 0 Å². The van der Waals surface area contributed by atoms with Gasteiger partial charge in [0.1, 0.15) is 11.4 Å². The highest BCUT2D eigenvalue weighted by molar-refractivity contribution is 5.92. The topological polar surface area (TPSA) is 87.0 Å². The standard InChI is InChI=1S/C18H19N5O2/c1-2-13-10-16(22-25-13)21-18(24)23-8-5-12(6-9-23)15-11-20-17-14(15)4-3-7-19-17/h3-5,7,10-11H,2,6,8-9H2,1H3,(H,19,20)(H,21,22,24). The summed E-state index contributed by atoms with van der Waals surface area (Å²) in [5.74, 6) is 1.21. The van der Waals surface area contributed by atoms with Gasteiger partial charge < -0.3 is 14.4 Å². The van der Waals surface area contributed by atoms with Crippen LogP contribution in [0.5, 0.6) is 0 Å². The normalized spacial score (nSPS) is 14.6. The van der Waals surface area contributed by atoms with Crippen LogP contribution in [-0.4, -0.2) is 39.1 Å². The number of fused-ring (bicyclic) bond motifs is 1. The van der Waals surface area contributed by atoms with Gasteiger partial charge in [-0.2, -0.15) is 0 Å². The average molecular weight is 337 g/mol. The lowest BCUT2D eigenvalue weighted by atomic mass is 10.00. The Balaban J connectivity index is 1.45. The van der Waals surface area contributed by atoms with E-state index in [0.29, 0.717) is 18.9 Å². The number of nitrogens with zero attached hydrogens (tertiary/aromatic N) is 3. The Bertz CT molecular complexity index is 940. The fourth-order valence-corrected chi connectivity index (χ4v) is 3.05. The maximum Gasteiger partial charge on any atom is 0.323 e. The van der Waals surface area contributed by atoms with E-state index in [9.17, 15) is 4.79 Å². The molecule has 1 aliphatic heterocycles. The second-order valence-electron chi connectivity index (χ2n) is 5.99. The predicted octanol–water partition coefficient (Wildman–Crippen LogP) is 3.43. The molecule has 0 aromatic carbocycles. The molecule has 0 radical (unpaired) electrons. The lowest BCUT2D eigenvalue weighted by molar-refractivity contribution is 0.216. The number of aromatic nitrogens is 3. The van der Waals surface area contributed by atoms with Gasteiger partial charge in [-0.3, -0.25) is 5.32 Å². The fourth-order valence-electron chi connectivity index (χ4n) is 3.05. The monoisotopic (exact) mass is 337 g/mol. The van der Waals surface area contributed by atoms with E-state index in [0.717, 1.165) is 35.2 Å². The predicted molar refractivity (Wildman–Crippen MR) is 95.2 cm³/mol. The lowest BCUT2D eigenvalue weighted by Gasteiger charge is -2.26. The number of rotatable bonds is 3. The molecule has 7 heteroatoms. The molecule has 3 aromatic rings. The molecule has 0 saturated carbocycles. The van der Waals surface area contributed by atoms with Crippen LogP contribution in [0.3, 0.4) is 0 Å². The number of nitrogens with one attached hydrogen (secondary N) is 2. The number of amides is 2. The van der Waals surface area contributed by atoms with Crippen molar-refractivity contribution in [3.8, 4) is 0 Å². The highest BCUT2D eigenvalue weighted by Crippen LogP contribution is 2.28. The quantitative estimate of drug-likeness (QED) is 0.766. The number of carbonyl (C=O) groups excluding carboxylic acids is 1. The van der Waals surface area contributed by atoms with Crippen LogP contribution in [0.25, 0.3) is 16.6 Å². The zero-order valence-electron chi connectivity index (χ0n) is 14.0. The summed E-state index contributed by atoms with van der Waals surface area (Å²) in [5.41, 5.74) is 3.28. The highest BCUT2D eigenvalue weighted by atomic mass is 16.5. The minimum absolute atomic E-state index is 0.160. The van der Waals surface area contributed by atoms with Gasteiger partial charge in [0.25, 0.3) is 0 Å². The molecule has 0 spiro atoms. The van der Waals surface area contributed by atoms with Crippen molar-refractivity contribution in [2.75, 3.05) is 18.4 Å². The van der Waals surface area contributed by atoms with E-state index in [-0.39, 0.29) is 6.03 Å². The smallest absolute Gasteiger partial charge is 0.323 e. The lowest BCUT2D eigenvalue weighted by Crippen LogP contribution is -2.37. The average Bonchev–Trinajstić information content (AvgIpc) is 3.28. The molecule has 4 rings (SSSR count). The van der Waals surface area contributed by atoms with Crippen molar-refractivity contribution in [2.24, 2.45) is 0 Å². The van der Waals surface area contributed by atoms with Crippen molar-refractivity contribution in [3.05, 3.63) is 48.0 Å². The summed E-state index contributed by atoms with van der Waals surface area (Å²) in [5, 5.41) is 7.75. The zero-order valence-corrected chi connectivity index (χ0v) is 14.0. The molecular weight excluding hydrogens is 318 g/mol. The number of hydrogen-bond acceptors (Lipinski definition) is 4. The summed E-state index contributed by atoms with van der Waals surface area (Å²) in [6.07, 6.45) is 7.41. The molecule has 0 atom stereocenters. The van der Waals surface area contributed by atoms with Gasteiger partial charge in [-0.05, 0) is 24.1 Å².